The number of amides is 1. The van der Waals surface area contributed by atoms with Crippen molar-refractivity contribution in [2.24, 2.45) is 0 Å². The molecule has 0 aliphatic heterocycles. The lowest BCUT2D eigenvalue weighted by Crippen LogP contribution is -2.24. The summed E-state index contributed by atoms with van der Waals surface area (Å²) >= 11 is 0. The number of ether oxygens (including phenoxy) is 2. The molecular weight excluding hydrogens is 360 g/mol. The molecule has 2 N–H and O–H groups in total. The maximum atomic E-state index is 12.3. The molecule has 0 bridgehead atoms. The summed E-state index contributed by atoms with van der Waals surface area (Å²) in [5.74, 6) is 1.10. The molecule has 2 aromatic carbocycles. The van der Waals surface area contributed by atoms with Gasteiger partial charge < -0.3 is 19.9 Å². The maximum absolute atomic E-state index is 12.3. The van der Waals surface area contributed by atoms with Gasteiger partial charge in [-0.05, 0) is 35.4 Å². The molecule has 0 aliphatic rings. The van der Waals surface area contributed by atoms with Crippen molar-refractivity contribution < 1.29 is 19.4 Å². The average molecular weight is 382 g/mol. The summed E-state index contributed by atoms with van der Waals surface area (Å²) in [6, 6.07) is 14.5. The van der Waals surface area contributed by atoms with E-state index >= 15 is 0 Å². The Hall–Kier alpha value is -3.39. The molecule has 0 fully saturated rings. The quantitative estimate of drug-likeness (QED) is 0.618. The van der Waals surface area contributed by atoms with Gasteiger partial charge in [-0.3, -0.25) is 4.79 Å². The number of hydrogen-bond acceptors (Lipinski definition) is 6. The summed E-state index contributed by atoms with van der Waals surface area (Å²) in [6.07, 6.45) is 0.646. The molecule has 1 heterocycles. The number of aromatic nitrogens is 3. The molecule has 1 aromatic heterocycles. The Morgan fingerprint density at radius 2 is 1.89 bits per heavy atom. The lowest BCUT2D eigenvalue weighted by Gasteiger charge is -2.11. The minimum Gasteiger partial charge on any atom is -0.497 e. The first-order valence-corrected chi connectivity index (χ1v) is 8.71. The number of benzene rings is 2. The number of carbonyl (C=O) groups excluding carboxylic acids is 1. The number of hydrogen-bond donors (Lipinski definition) is 2. The van der Waals surface area contributed by atoms with E-state index in [1.165, 1.54) is 11.0 Å². The Labute approximate surface area is 162 Å². The van der Waals surface area contributed by atoms with Crippen molar-refractivity contribution >= 4 is 5.91 Å². The number of rotatable bonds is 8. The van der Waals surface area contributed by atoms with Crippen molar-refractivity contribution in [1.29, 1.82) is 0 Å². The Morgan fingerprint density at radius 1 is 1.14 bits per heavy atom. The Morgan fingerprint density at radius 3 is 2.61 bits per heavy atom. The first kappa shape index (κ1) is 19.4. The van der Waals surface area contributed by atoms with Crippen LogP contribution in [0.2, 0.25) is 0 Å². The van der Waals surface area contributed by atoms with E-state index in [9.17, 15) is 9.90 Å². The van der Waals surface area contributed by atoms with Gasteiger partial charge in [0.05, 0.1) is 26.9 Å². The topological polar surface area (TPSA) is 98.5 Å². The van der Waals surface area contributed by atoms with Crippen LogP contribution in [-0.4, -0.2) is 40.0 Å². The third-order valence-electron chi connectivity index (χ3n) is 4.19. The summed E-state index contributed by atoms with van der Waals surface area (Å²) in [5.41, 5.74) is 1.63. The van der Waals surface area contributed by atoms with Crippen LogP contribution in [0.4, 0.5) is 0 Å². The average Bonchev–Trinajstić information content (AvgIpc) is 3.20. The van der Waals surface area contributed by atoms with E-state index < -0.39 is 6.10 Å². The second-order valence-corrected chi connectivity index (χ2v) is 6.11. The molecule has 3 aromatic rings. The smallest absolute Gasteiger partial charge is 0.291 e. The van der Waals surface area contributed by atoms with Gasteiger partial charge in [-0.2, -0.15) is 0 Å². The van der Waals surface area contributed by atoms with Gasteiger partial charge in [-0.25, -0.2) is 9.67 Å². The number of aliphatic hydroxyl groups excluding tert-OH is 1. The lowest BCUT2D eigenvalue weighted by molar-refractivity contribution is 0.0938. The van der Waals surface area contributed by atoms with Gasteiger partial charge in [0, 0.05) is 6.54 Å². The van der Waals surface area contributed by atoms with Gasteiger partial charge in [-0.15, -0.1) is 5.10 Å². The number of nitrogens with one attached hydrogen (secondary N) is 1. The minimum atomic E-state index is -0.777. The largest absolute Gasteiger partial charge is 0.497 e. The molecule has 0 radical (unpaired) electrons. The van der Waals surface area contributed by atoms with Crippen LogP contribution in [0, 0.1) is 0 Å². The zero-order valence-electron chi connectivity index (χ0n) is 15.7. The molecule has 1 atom stereocenters. The molecular formula is C20H22N4O4. The molecule has 3 rings (SSSR count). The van der Waals surface area contributed by atoms with Crippen molar-refractivity contribution in [1.82, 2.24) is 20.1 Å². The molecule has 0 aliphatic carbocycles. The summed E-state index contributed by atoms with van der Waals surface area (Å²) in [7, 11) is 3.18. The van der Waals surface area contributed by atoms with Crippen LogP contribution >= 0.6 is 0 Å². The van der Waals surface area contributed by atoms with Crippen LogP contribution in [0.25, 0.3) is 0 Å². The van der Waals surface area contributed by atoms with Crippen molar-refractivity contribution in [3.8, 4) is 11.5 Å². The third-order valence-corrected chi connectivity index (χ3v) is 4.19. The molecule has 8 heteroatoms. The van der Waals surface area contributed by atoms with Crippen LogP contribution in [0.5, 0.6) is 11.5 Å². The molecule has 28 heavy (non-hydrogen) atoms. The zero-order chi connectivity index (χ0) is 19.9. The fraction of sp³-hybridized carbons (Fsp3) is 0.250. The second-order valence-electron chi connectivity index (χ2n) is 6.11. The standard InChI is InChI=1S/C20H22N4O4/c1-27-16-8-6-15(7-9-16)18(25)12-24-13-22-19(23-24)20(26)21-11-14-4-3-5-17(10-14)28-2/h3-10,13,18,25H,11-12H2,1-2H3,(H,21,26). The monoisotopic (exact) mass is 382 g/mol. The molecule has 1 amide bonds. The molecule has 1 unspecified atom stereocenters. The minimum absolute atomic E-state index is 0.0461. The van der Waals surface area contributed by atoms with E-state index in [1.54, 1.807) is 38.5 Å². The number of nitrogens with zero attached hydrogens (tertiary/aromatic N) is 3. The Bertz CT molecular complexity index is 924. The Balaban J connectivity index is 1.57. The summed E-state index contributed by atoms with van der Waals surface area (Å²) in [5, 5.41) is 17.3. The van der Waals surface area contributed by atoms with Crippen LogP contribution in [0.3, 0.4) is 0 Å². The summed E-state index contributed by atoms with van der Waals surface area (Å²) < 4.78 is 11.7. The SMILES string of the molecule is COc1ccc(C(O)Cn2cnc(C(=O)NCc3cccc(OC)c3)n2)cc1. The number of aliphatic hydroxyl groups is 1. The van der Waals surface area contributed by atoms with E-state index in [0.29, 0.717) is 12.3 Å². The van der Waals surface area contributed by atoms with Crippen molar-refractivity contribution in [3.05, 3.63) is 71.8 Å². The normalized spacial score (nSPS) is 11.7. The van der Waals surface area contributed by atoms with Crippen molar-refractivity contribution in [2.75, 3.05) is 14.2 Å². The van der Waals surface area contributed by atoms with Gasteiger partial charge in [0.25, 0.3) is 5.91 Å². The fourth-order valence-electron chi connectivity index (χ4n) is 2.64. The van der Waals surface area contributed by atoms with E-state index in [-0.39, 0.29) is 18.3 Å². The first-order valence-electron chi connectivity index (χ1n) is 8.71. The summed E-state index contributed by atoms with van der Waals surface area (Å²) in [4.78, 5) is 16.3. The van der Waals surface area contributed by atoms with Crippen LogP contribution in [0.15, 0.2) is 54.9 Å². The summed E-state index contributed by atoms with van der Waals surface area (Å²) in [6.45, 7) is 0.515. The fourth-order valence-corrected chi connectivity index (χ4v) is 2.64. The second kappa shape index (κ2) is 9.01. The van der Waals surface area contributed by atoms with Gasteiger partial charge in [-0.1, -0.05) is 24.3 Å². The van der Waals surface area contributed by atoms with Crippen LogP contribution in [-0.2, 0) is 13.1 Å². The first-order chi connectivity index (χ1) is 13.6. The predicted molar refractivity (Wildman–Crippen MR) is 102 cm³/mol. The van der Waals surface area contributed by atoms with E-state index in [4.69, 9.17) is 9.47 Å². The van der Waals surface area contributed by atoms with E-state index in [0.717, 1.165) is 16.9 Å². The van der Waals surface area contributed by atoms with Gasteiger partial charge >= 0.3 is 0 Å². The molecule has 146 valence electrons. The highest BCUT2D eigenvalue weighted by atomic mass is 16.5. The maximum Gasteiger partial charge on any atom is 0.291 e. The Kier molecular flexibility index (Phi) is 6.23. The van der Waals surface area contributed by atoms with Crippen molar-refractivity contribution in [2.45, 2.75) is 19.2 Å². The zero-order valence-corrected chi connectivity index (χ0v) is 15.7. The molecule has 0 spiro atoms. The number of methoxy groups -OCH3 is 2. The van der Waals surface area contributed by atoms with E-state index in [1.807, 2.05) is 24.3 Å². The molecule has 0 saturated heterocycles. The van der Waals surface area contributed by atoms with Gasteiger partial charge in [0.1, 0.15) is 17.8 Å². The highest BCUT2D eigenvalue weighted by molar-refractivity contribution is 5.90. The van der Waals surface area contributed by atoms with E-state index in [2.05, 4.69) is 15.4 Å². The van der Waals surface area contributed by atoms with Crippen LogP contribution < -0.4 is 14.8 Å². The molecule has 0 saturated carbocycles. The highest BCUT2D eigenvalue weighted by Gasteiger charge is 2.14. The van der Waals surface area contributed by atoms with Crippen LogP contribution in [0.1, 0.15) is 27.8 Å². The predicted octanol–water partition coefficient (Wildman–Crippen LogP) is 1.96. The van der Waals surface area contributed by atoms with Crippen molar-refractivity contribution in [3.63, 3.8) is 0 Å². The number of carbonyl (C=O) groups is 1. The molecule has 8 nitrogen and oxygen atoms in total. The highest BCUT2D eigenvalue weighted by Crippen LogP contribution is 2.18. The van der Waals surface area contributed by atoms with Gasteiger partial charge in [0.2, 0.25) is 5.82 Å². The third kappa shape index (κ3) is 4.86. The lowest BCUT2D eigenvalue weighted by atomic mass is 10.1. The van der Waals surface area contributed by atoms with Gasteiger partial charge in [0.15, 0.2) is 0 Å².